The molecule has 1 saturated heterocycles. The van der Waals surface area contributed by atoms with Gasteiger partial charge in [-0.05, 0) is 30.7 Å². The van der Waals surface area contributed by atoms with E-state index in [1.165, 1.54) is 5.56 Å². The highest BCUT2D eigenvalue weighted by molar-refractivity contribution is 6.33. The molecule has 1 aliphatic rings. The van der Waals surface area contributed by atoms with Gasteiger partial charge in [-0.1, -0.05) is 41.9 Å². The van der Waals surface area contributed by atoms with Crippen molar-refractivity contribution in [2.24, 2.45) is 0 Å². The van der Waals surface area contributed by atoms with E-state index in [2.05, 4.69) is 29.3 Å². The molecule has 7 heteroatoms. The minimum atomic E-state index is -0.600. The van der Waals surface area contributed by atoms with Gasteiger partial charge in [0.2, 0.25) is 0 Å². The number of halogens is 1. The van der Waals surface area contributed by atoms with Gasteiger partial charge < -0.3 is 15.0 Å². The summed E-state index contributed by atoms with van der Waals surface area (Å²) in [4.78, 5) is 28.9. The van der Waals surface area contributed by atoms with Crippen molar-refractivity contribution in [1.82, 2.24) is 9.80 Å². The molecule has 2 aromatic rings. The van der Waals surface area contributed by atoms with E-state index >= 15 is 0 Å². The number of anilines is 1. The van der Waals surface area contributed by atoms with Gasteiger partial charge >= 0.3 is 5.97 Å². The Hall–Kier alpha value is -2.57. The molecule has 1 atom stereocenters. The predicted molar refractivity (Wildman–Crippen MR) is 114 cm³/mol. The Kier molecular flexibility index (Phi) is 7.12. The molecule has 0 aliphatic carbocycles. The van der Waals surface area contributed by atoms with E-state index in [0.29, 0.717) is 24.2 Å². The first-order valence-corrected chi connectivity index (χ1v) is 10.1. The first-order chi connectivity index (χ1) is 14.0. The monoisotopic (exact) mass is 415 g/mol. The molecular weight excluding hydrogens is 390 g/mol. The third kappa shape index (κ3) is 5.28. The van der Waals surface area contributed by atoms with Crippen LogP contribution in [0.4, 0.5) is 5.69 Å². The molecule has 6 nitrogen and oxygen atoms in total. The maximum atomic E-state index is 12.5. The van der Waals surface area contributed by atoms with Gasteiger partial charge in [0.1, 0.15) is 0 Å². The normalized spacial score (nSPS) is 15.6. The molecule has 1 amide bonds. The van der Waals surface area contributed by atoms with Crippen LogP contribution < -0.4 is 5.32 Å². The van der Waals surface area contributed by atoms with Crippen LogP contribution in [0.5, 0.6) is 0 Å². The number of benzene rings is 2. The zero-order valence-electron chi connectivity index (χ0n) is 16.7. The van der Waals surface area contributed by atoms with Crippen LogP contribution in [0.2, 0.25) is 5.02 Å². The van der Waals surface area contributed by atoms with Gasteiger partial charge in [-0.15, -0.1) is 0 Å². The van der Waals surface area contributed by atoms with Crippen LogP contribution >= 0.6 is 11.6 Å². The van der Waals surface area contributed by atoms with Gasteiger partial charge in [0.15, 0.2) is 6.61 Å². The molecule has 0 saturated carbocycles. The van der Waals surface area contributed by atoms with E-state index < -0.39 is 5.97 Å². The second-order valence-electron chi connectivity index (χ2n) is 7.02. The zero-order valence-corrected chi connectivity index (χ0v) is 17.5. The number of nitrogens with one attached hydrogen (secondary N) is 1. The van der Waals surface area contributed by atoms with Crippen molar-refractivity contribution in [3.05, 3.63) is 64.7 Å². The fourth-order valence-corrected chi connectivity index (χ4v) is 3.63. The highest BCUT2D eigenvalue weighted by Crippen LogP contribution is 2.22. The number of rotatable bonds is 6. The van der Waals surface area contributed by atoms with E-state index in [0.717, 1.165) is 18.8 Å². The molecule has 3 rings (SSSR count). The van der Waals surface area contributed by atoms with Gasteiger partial charge in [0.05, 0.1) is 10.6 Å². The summed E-state index contributed by atoms with van der Waals surface area (Å²) in [6, 6.07) is 15.6. The van der Waals surface area contributed by atoms with Crippen molar-refractivity contribution in [3.63, 3.8) is 0 Å². The number of piperazine rings is 1. The van der Waals surface area contributed by atoms with Crippen LogP contribution in [0.1, 0.15) is 28.9 Å². The van der Waals surface area contributed by atoms with E-state index in [9.17, 15) is 9.59 Å². The number of nitrogens with zero attached hydrogens (tertiary/aromatic N) is 2. The standard InChI is InChI=1S/C22H26ClN3O3/c1-16(17-6-4-3-5-7-17)25-10-12-26(13-11-25)21(27)15-29-22(28)19-14-18(24-2)8-9-20(19)23/h3-9,14,16,24H,10-13,15H2,1-2H3. The van der Waals surface area contributed by atoms with Crippen molar-refractivity contribution in [3.8, 4) is 0 Å². The Bertz CT molecular complexity index is 852. The number of amides is 1. The Labute approximate surface area is 176 Å². The van der Waals surface area contributed by atoms with E-state index in [4.69, 9.17) is 16.3 Å². The molecular formula is C22H26ClN3O3. The third-order valence-corrected chi connectivity index (χ3v) is 5.63. The van der Waals surface area contributed by atoms with Crippen molar-refractivity contribution < 1.29 is 14.3 Å². The second kappa shape index (κ2) is 9.76. The quantitative estimate of drug-likeness (QED) is 0.732. The minimum Gasteiger partial charge on any atom is -0.452 e. The molecule has 0 radical (unpaired) electrons. The maximum Gasteiger partial charge on any atom is 0.340 e. The van der Waals surface area contributed by atoms with Gasteiger partial charge in [-0.25, -0.2) is 4.79 Å². The van der Waals surface area contributed by atoms with E-state index in [1.807, 2.05) is 18.2 Å². The first kappa shape index (κ1) is 21.1. The molecule has 0 aromatic heterocycles. The number of hydrogen-bond acceptors (Lipinski definition) is 5. The molecule has 0 spiro atoms. The lowest BCUT2D eigenvalue weighted by Crippen LogP contribution is -2.50. The number of ether oxygens (including phenoxy) is 1. The molecule has 1 N–H and O–H groups in total. The summed E-state index contributed by atoms with van der Waals surface area (Å²) in [7, 11) is 1.75. The van der Waals surface area contributed by atoms with Crippen LogP contribution in [0.15, 0.2) is 48.5 Å². The fourth-order valence-electron chi connectivity index (χ4n) is 3.43. The van der Waals surface area contributed by atoms with Gasteiger partial charge in [-0.2, -0.15) is 0 Å². The molecule has 1 fully saturated rings. The van der Waals surface area contributed by atoms with E-state index in [-0.39, 0.29) is 18.1 Å². The van der Waals surface area contributed by atoms with Crippen LogP contribution in [0.3, 0.4) is 0 Å². The second-order valence-corrected chi connectivity index (χ2v) is 7.43. The number of hydrogen-bond donors (Lipinski definition) is 1. The first-order valence-electron chi connectivity index (χ1n) is 9.71. The van der Waals surface area contributed by atoms with Gasteiger partial charge in [-0.3, -0.25) is 9.69 Å². The number of esters is 1. The lowest BCUT2D eigenvalue weighted by Gasteiger charge is -2.38. The summed E-state index contributed by atoms with van der Waals surface area (Å²) in [5.41, 5.74) is 2.26. The zero-order chi connectivity index (χ0) is 20.8. The highest BCUT2D eigenvalue weighted by atomic mass is 35.5. The molecule has 29 heavy (non-hydrogen) atoms. The Morgan fingerprint density at radius 2 is 1.79 bits per heavy atom. The average Bonchev–Trinajstić information content (AvgIpc) is 2.77. The lowest BCUT2D eigenvalue weighted by molar-refractivity contribution is -0.136. The van der Waals surface area contributed by atoms with Crippen LogP contribution in [0, 0.1) is 0 Å². The van der Waals surface area contributed by atoms with Crippen molar-refractivity contribution in [2.45, 2.75) is 13.0 Å². The summed E-state index contributed by atoms with van der Waals surface area (Å²) in [5, 5.41) is 3.24. The van der Waals surface area contributed by atoms with Crippen molar-refractivity contribution in [1.29, 1.82) is 0 Å². The Morgan fingerprint density at radius 3 is 2.45 bits per heavy atom. The number of carbonyl (C=O) groups is 2. The topological polar surface area (TPSA) is 61.9 Å². The number of carbonyl (C=O) groups excluding carboxylic acids is 2. The largest absolute Gasteiger partial charge is 0.452 e. The van der Waals surface area contributed by atoms with Crippen molar-refractivity contribution >= 4 is 29.2 Å². The molecule has 0 bridgehead atoms. The molecule has 154 valence electrons. The summed E-state index contributed by atoms with van der Waals surface area (Å²) in [5.74, 6) is -0.789. The lowest BCUT2D eigenvalue weighted by atomic mass is 10.1. The highest BCUT2D eigenvalue weighted by Gasteiger charge is 2.25. The van der Waals surface area contributed by atoms with Crippen LogP contribution in [-0.4, -0.2) is 61.5 Å². The molecule has 1 heterocycles. The summed E-state index contributed by atoms with van der Waals surface area (Å²) >= 11 is 6.08. The summed E-state index contributed by atoms with van der Waals surface area (Å²) in [6.07, 6.45) is 0. The molecule has 1 unspecified atom stereocenters. The van der Waals surface area contributed by atoms with Crippen LogP contribution in [0.25, 0.3) is 0 Å². The molecule has 1 aliphatic heterocycles. The van der Waals surface area contributed by atoms with Gasteiger partial charge in [0, 0.05) is 45.0 Å². The smallest absolute Gasteiger partial charge is 0.340 e. The summed E-state index contributed by atoms with van der Waals surface area (Å²) < 4.78 is 5.21. The maximum absolute atomic E-state index is 12.5. The SMILES string of the molecule is CNc1ccc(Cl)c(C(=O)OCC(=O)N2CCN(C(C)c3ccccc3)CC2)c1. The molecule has 2 aromatic carbocycles. The predicted octanol–water partition coefficient (Wildman–Crippen LogP) is 3.44. The minimum absolute atomic E-state index is 0.189. The van der Waals surface area contributed by atoms with E-state index in [1.54, 1.807) is 30.1 Å². The third-order valence-electron chi connectivity index (χ3n) is 5.30. The van der Waals surface area contributed by atoms with Gasteiger partial charge in [0.25, 0.3) is 5.91 Å². The van der Waals surface area contributed by atoms with Crippen molar-refractivity contribution in [2.75, 3.05) is 45.2 Å². The average molecular weight is 416 g/mol. The Morgan fingerprint density at radius 1 is 1.10 bits per heavy atom. The Balaban J connectivity index is 1.49. The summed E-state index contributed by atoms with van der Waals surface area (Å²) in [6.45, 7) is 4.69. The van der Waals surface area contributed by atoms with Crippen LogP contribution in [-0.2, 0) is 9.53 Å². The fraction of sp³-hybridized carbons (Fsp3) is 0.364.